The van der Waals surface area contributed by atoms with Crippen molar-refractivity contribution < 1.29 is 28.5 Å². The summed E-state index contributed by atoms with van der Waals surface area (Å²) in [5.41, 5.74) is 0.859. The third kappa shape index (κ3) is 7.28. The Hall–Kier alpha value is -2.12. The number of hydrogen-bond donors (Lipinski definition) is 1. The second-order valence-electron chi connectivity index (χ2n) is 4.00. The molecule has 21 heavy (non-hydrogen) atoms. The van der Waals surface area contributed by atoms with Crippen LogP contribution in [0.25, 0.3) is 0 Å². The molecule has 0 spiro atoms. The van der Waals surface area contributed by atoms with Crippen molar-refractivity contribution in [2.75, 3.05) is 27.4 Å². The number of carbonyl (C=O) groups excluding carboxylic acids is 2. The van der Waals surface area contributed by atoms with Crippen LogP contribution in [-0.2, 0) is 30.3 Å². The largest absolute Gasteiger partial charge is 0.459 e. The number of ether oxygens (including phenoxy) is 4. The van der Waals surface area contributed by atoms with E-state index in [0.717, 1.165) is 5.56 Å². The standard InChI is InChI=1S/C14H19NO6/c1-18-13(19-2)10-20-12(16)8-15-14(17)21-9-11-6-4-3-5-7-11/h3-7,13H,8-10H2,1-2H3,(H,15,17). The lowest BCUT2D eigenvalue weighted by atomic mass is 10.2. The van der Waals surface area contributed by atoms with Crippen LogP contribution in [0.4, 0.5) is 4.79 Å². The van der Waals surface area contributed by atoms with E-state index in [1.54, 1.807) is 0 Å². The van der Waals surface area contributed by atoms with E-state index in [2.05, 4.69) is 5.32 Å². The zero-order valence-corrected chi connectivity index (χ0v) is 12.0. The number of amides is 1. The molecule has 0 radical (unpaired) electrons. The number of rotatable bonds is 8. The molecule has 0 bridgehead atoms. The molecule has 0 unspecified atom stereocenters. The third-order valence-electron chi connectivity index (χ3n) is 2.50. The molecule has 0 heterocycles. The Balaban J connectivity index is 2.16. The Bertz CT molecular complexity index is 432. The van der Waals surface area contributed by atoms with E-state index in [9.17, 15) is 9.59 Å². The highest BCUT2D eigenvalue weighted by atomic mass is 16.7. The van der Waals surface area contributed by atoms with Crippen LogP contribution >= 0.6 is 0 Å². The van der Waals surface area contributed by atoms with Gasteiger partial charge in [0.05, 0.1) is 0 Å². The second-order valence-corrected chi connectivity index (χ2v) is 4.00. The molecule has 1 aromatic carbocycles. The van der Waals surface area contributed by atoms with Gasteiger partial charge in [-0.05, 0) is 5.56 Å². The van der Waals surface area contributed by atoms with Gasteiger partial charge >= 0.3 is 12.1 Å². The summed E-state index contributed by atoms with van der Waals surface area (Å²) in [6.07, 6.45) is -1.31. The highest BCUT2D eigenvalue weighted by Gasteiger charge is 2.11. The molecule has 1 aromatic rings. The van der Waals surface area contributed by atoms with Gasteiger partial charge in [0.15, 0.2) is 6.29 Å². The van der Waals surface area contributed by atoms with Gasteiger partial charge in [0.2, 0.25) is 0 Å². The number of carbonyl (C=O) groups is 2. The van der Waals surface area contributed by atoms with Gasteiger partial charge in [0.1, 0.15) is 19.8 Å². The fourth-order valence-electron chi connectivity index (χ4n) is 1.36. The van der Waals surface area contributed by atoms with Crippen molar-refractivity contribution >= 4 is 12.1 Å². The van der Waals surface area contributed by atoms with Gasteiger partial charge in [-0.1, -0.05) is 30.3 Å². The molecule has 0 aliphatic heterocycles. The smallest absolute Gasteiger partial charge is 0.407 e. The molecule has 7 nitrogen and oxygen atoms in total. The minimum atomic E-state index is -0.689. The van der Waals surface area contributed by atoms with Crippen molar-refractivity contribution in [1.82, 2.24) is 5.32 Å². The van der Waals surface area contributed by atoms with Crippen LogP contribution in [0.15, 0.2) is 30.3 Å². The maximum atomic E-state index is 11.4. The van der Waals surface area contributed by atoms with E-state index < -0.39 is 18.4 Å². The van der Waals surface area contributed by atoms with Crippen molar-refractivity contribution in [3.05, 3.63) is 35.9 Å². The van der Waals surface area contributed by atoms with E-state index in [1.165, 1.54) is 14.2 Å². The Morgan fingerprint density at radius 2 is 1.76 bits per heavy atom. The predicted molar refractivity (Wildman–Crippen MR) is 73.4 cm³/mol. The monoisotopic (exact) mass is 297 g/mol. The van der Waals surface area contributed by atoms with Gasteiger partial charge in [-0.25, -0.2) is 4.79 Å². The molecule has 1 amide bonds. The molecular formula is C14H19NO6. The van der Waals surface area contributed by atoms with Crippen molar-refractivity contribution in [3.63, 3.8) is 0 Å². The van der Waals surface area contributed by atoms with Crippen LogP contribution in [0.5, 0.6) is 0 Å². The quantitative estimate of drug-likeness (QED) is 0.571. The summed E-state index contributed by atoms with van der Waals surface area (Å²) in [6, 6.07) is 9.22. The van der Waals surface area contributed by atoms with Crippen LogP contribution in [0.2, 0.25) is 0 Å². The Morgan fingerprint density at radius 3 is 2.38 bits per heavy atom. The maximum Gasteiger partial charge on any atom is 0.407 e. The minimum Gasteiger partial charge on any atom is -0.459 e. The fraction of sp³-hybridized carbons (Fsp3) is 0.429. The molecule has 0 saturated carbocycles. The third-order valence-corrected chi connectivity index (χ3v) is 2.50. The molecule has 1 N–H and O–H groups in total. The molecule has 0 aliphatic rings. The Morgan fingerprint density at radius 1 is 1.10 bits per heavy atom. The van der Waals surface area contributed by atoms with Gasteiger partial charge in [-0.2, -0.15) is 0 Å². The van der Waals surface area contributed by atoms with Crippen LogP contribution in [0, 0.1) is 0 Å². The average molecular weight is 297 g/mol. The molecule has 7 heteroatoms. The number of alkyl carbamates (subject to hydrolysis) is 1. The number of hydrogen-bond acceptors (Lipinski definition) is 6. The molecule has 0 aromatic heterocycles. The highest BCUT2D eigenvalue weighted by molar-refractivity contribution is 5.77. The molecular weight excluding hydrogens is 278 g/mol. The molecule has 116 valence electrons. The van der Waals surface area contributed by atoms with Crippen LogP contribution in [-0.4, -0.2) is 45.7 Å². The lowest BCUT2D eigenvalue weighted by Crippen LogP contribution is -2.32. The maximum absolute atomic E-state index is 11.4. The molecule has 0 fully saturated rings. The first-order valence-corrected chi connectivity index (χ1v) is 6.31. The summed E-state index contributed by atoms with van der Waals surface area (Å²) >= 11 is 0. The van der Waals surface area contributed by atoms with E-state index in [-0.39, 0.29) is 19.8 Å². The summed E-state index contributed by atoms with van der Waals surface area (Å²) in [5, 5.41) is 2.30. The fourth-order valence-corrected chi connectivity index (χ4v) is 1.36. The number of nitrogens with one attached hydrogen (secondary N) is 1. The van der Waals surface area contributed by atoms with Gasteiger partial charge in [-0.3, -0.25) is 4.79 Å². The average Bonchev–Trinajstić information content (AvgIpc) is 2.53. The van der Waals surface area contributed by atoms with Gasteiger partial charge < -0.3 is 24.3 Å². The molecule has 0 aliphatic carbocycles. The first kappa shape index (κ1) is 16.9. The summed E-state index contributed by atoms with van der Waals surface area (Å²) < 4.78 is 19.5. The number of methoxy groups -OCH3 is 2. The first-order valence-electron chi connectivity index (χ1n) is 6.31. The lowest BCUT2D eigenvalue weighted by molar-refractivity contribution is -0.165. The molecule has 0 saturated heterocycles. The Kier molecular flexibility index (Phi) is 7.85. The van der Waals surface area contributed by atoms with Crippen molar-refractivity contribution in [3.8, 4) is 0 Å². The van der Waals surface area contributed by atoms with Crippen molar-refractivity contribution in [2.24, 2.45) is 0 Å². The lowest BCUT2D eigenvalue weighted by Gasteiger charge is -2.13. The summed E-state index contributed by atoms with van der Waals surface area (Å²) in [6.45, 7) is -0.197. The van der Waals surface area contributed by atoms with E-state index in [4.69, 9.17) is 18.9 Å². The zero-order valence-electron chi connectivity index (χ0n) is 12.0. The predicted octanol–water partition coefficient (Wildman–Crippen LogP) is 1.07. The highest BCUT2D eigenvalue weighted by Crippen LogP contribution is 2.00. The summed E-state index contributed by atoms with van der Waals surface area (Å²) in [4.78, 5) is 22.7. The van der Waals surface area contributed by atoms with Gasteiger partial charge in [-0.15, -0.1) is 0 Å². The minimum absolute atomic E-state index is 0.0490. The first-order chi connectivity index (χ1) is 10.2. The van der Waals surface area contributed by atoms with Gasteiger partial charge in [0.25, 0.3) is 0 Å². The zero-order chi connectivity index (χ0) is 15.5. The summed E-state index contributed by atoms with van der Waals surface area (Å²) in [5.74, 6) is -0.606. The normalized spacial score (nSPS) is 10.2. The molecule has 1 rings (SSSR count). The summed E-state index contributed by atoms with van der Waals surface area (Å²) in [7, 11) is 2.86. The Labute approximate surface area is 123 Å². The topological polar surface area (TPSA) is 83.1 Å². The van der Waals surface area contributed by atoms with Crippen molar-refractivity contribution in [2.45, 2.75) is 12.9 Å². The molecule has 0 atom stereocenters. The van der Waals surface area contributed by atoms with Crippen molar-refractivity contribution in [1.29, 1.82) is 0 Å². The van der Waals surface area contributed by atoms with Crippen LogP contribution in [0.3, 0.4) is 0 Å². The number of benzene rings is 1. The number of esters is 1. The van der Waals surface area contributed by atoms with E-state index in [1.807, 2.05) is 30.3 Å². The van der Waals surface area contributed by atoms with Gasteiger partial charge in [0, 0.05) is 14.2 Å². The van der Waals surface area contributed by atoms with E-state index >= 15 is 0 Å². The van der Waals surface area contributed by atoms with Crippen LogP contribution in [0.1, 0.15) is 5.56 Å². The SMILES string of the molecule is COC(COC(=O)CNC(=O)OCc1ccccc1)OC. The second kappa shape index (κ2) is 9.73. The van der Waals surface area contributed by atoms with Crippen LogP contribution < -0.4 is 5.32 Å². The van der Waals surface area contributed by atoms with E-state index in [0.29, 0.717) is 0 Å².